The van der Waals surface area contributed by atoms with Gasteiger partial charge in [-0.25, -0.2) is 0 Å². The van der Waals surface area contributed by atoms with Gasteiger partial charge in [0.2, 0.25) is 0 Å². The molecule has 64 valence electrons. The number of hydrogen-bond acceptors (Lipinski definition) is 2. The zero-order valence-electron chi connectivity index (χ0n) is 7.64. The van der Waals surface area contributed by atoms with E-state index in [2.05, 4.69) is 0 Å². The average Bonchev–Trinajstić information content (AvgIpc) is 1.82. The molecule has 11 heavy (non-hydrogen) atoms. The number of Topliss-reactive ketones (excluding diaryl/α,β-unsaturated/α-hetero) is 1. The van der Waals surface area contributed by atoms with Gasteiger partial charge in [-0.2, -0.15) is 0 Å². The van der Waals surface area contributed by atoms with E-state index in [0.29, 0.717) is 12.0 Å². The topological polar surface area (TPSA) is 37.3 Å². The second-order valence-corrected chi connectivity index (χ2v) is 3.97. The highest BCUT2D eigenvalue weighted by Gasteiger charge is 2.16. The predicted octanol–water partition coefficient (Wildman–Crippen LogP) is 2.45. The maximum atomic E-state index is 11.2. The SMILES string of the molecule is C/C(=C/O)C(=O)CC(C)(C)C. The van der Waals surface area contributed by atoms with E-state index in [0.717, 1.165) is 6.26 Å². The lowest BCUT2D eigenvalue weighted by molar-refractivity contribution is -0.117. The van der Waals surface area contributed by atoms with Crippen LogP contribution in [0.4, 0.5) is 0 Å². The maximum Gasteiger partial charge on any atom is 0.162 e. The van der Waals surface area contributed by atoms with Crippen LogP contribution in [0.25, 0.3) is 0 Å². The van der Waals surface area contributed by atoms with Crippen LogP contribution in [-0.2, 0) is 4.79 Å². The zero-order valence-corrected chi connectivity index (χ0v) is 7.64. The van der Waals surface area contributed by atoms with Crippen LogP contribution in [0.3, 0.4) is 0 Å². The number of aliphatic hydroxyl groups excluding tert-OH is 1. The number of ketones is 1. The van der Waals surface area contributed by atoms with Crippen molar-refractivity contribution in [2.75, 3.05) is 0 Å². The Morgan fingerprint density at radius 3 is 2.18 bits per heavy atom. The van der Waals surface area contributed by atoms with Crippen LogP contribution >= 0.6 is 0 Å². The first-order valence-electron chi connectivity index (χ1n) is 3.71. The van der Waals surface area contributed by atoms with Gasteiger partial charge in [-0.05, 0) is 12.3 Å². The molecule has 2 heteroatoms. The van der Waals surface area contributed by atoms with E-state index in [9.17, 15) is 4.79 Å². The summed E-state index contributed by atoms with van der Waals surface area (Å²) in [6.45, 7) is 7.61. The van der Waals surface area contributed by atoms with Gasteiger partial charge in [-0.3, -0.25) is 4.79 Å². The van der Waals surface area contributed by atoms with Crippen LogP contribution in [0.1, 0.15) is 34.1 Å². The van der Waals surface area contributed by atoms with Gasteiger partial charge >= 0.3 is 0 Å². The smallest absolute Gasteiger partial charge is 0.162 e. The molecule has 0 aliphatic heterocycles. The fourth-order valence-corrected chi connectivity index (χ4v) is 0.693. The molecule has 0 radical (unpaired) electrons. The number of allylic oxidation sites excluding steroid dienone is 1. The number of rotatable bonds is 2. The second kappa shape index (κ2) is 3.56. The van der Waals surface area contributed by atoms with E-state index < -0.39 is 0 Å². The van der Waals surface area contributed by atoms with E-state index in [1.165, 1.54) is 0 Å². The Bertz CT molecular complexity index is 172. The van der Waals surface area contributed by atoms with Crippen LogP contribution in [0.5, 0.6) is 0 Å². The monoisotopic (exact) mass is 156 g/mol. The summed E-state index contributed by atoms with van der Waals surface area (Å²) in [6, 6.07) is 0. The van der Waals surface area contributed by atoms with E-state index in [4.69, 9.17) is 5.11 Å². The Morgan fingerprint density at radius 2 is 1.91 bits per heavy atom. The minimum Gasteiger partial charge on any atom is -0.515 e. The van der Waals surface area contributed by atoms with Crippen molar-refractivity contribution in [3.63, 3.8) is 0 Å². The first kappa shape index (κ1) is 10.2. The van der Waals surface area contributed by atoms with E-state index >= 15 is 0 Å². The minimum absolute atomic E-state index is 0.00134. The molecule has 0 atom stereocenters. The Kier molecular flexibility index (Phi) is 3.30. The molecule has 0 unspecified atom stereocenters. The molecule has 0 aliphatic carbocycles. The summed E-state index contributed by atoms with van der Waals surface area (Å²) in [4.78, 5) is 11.2. The van der Waals surface area contributed by atoms with Crippen molar-refractivity contribution in [3.8, 4) is 0 Å². The molecule has 0 amide bonds. The maximum absolute atomic E-state index is 11.2. The van der Waals surface area contributed by atoms with E-state index in [1.807, 2.05) is 20.8 Å². The molecule has 0 saturated heterocycles. The fraction of sp³-hybridized carbons (Fsp3) is 0.667. The lowest BCUT2D eigenvalue weighted by Gasteiger charge is -2.16. The summed E-state index contributed by atoms with van der Waals surface area (Å²) in [5.41, 5.74) is 0.432. The molecule has 0 fully saturated rings. The summed E-state index contributed by atoms with van der Waals surface area (Å²) < 4.78 is 0. The van der Waals surface area contributed by atoms with Gasteiger partial charge in [0.15, 0.2) is 5.78 Å². The molecule has 1 N–H and O–H groups in total. The number of aliphatic hydroxyl groups is 1. The molecule has 0 rings (SSSR count). The largest absolute Gasteiger partial charge is 0.515 e. The summed E-state index contributed by atoms with van der Waals surface area (Å²) in [5, 5.41) is 8.52. The summed E-state index contributed by atoms with van der Waals surface area (Å²) >= 11 is 0. The first-order valence-corrected chi connectivity index (χ1v) is 3.71. The van der Waals surface area contributed by atoms with Gasteiger partial charge in [-0.1, -0.05) is 20.8 Å². The quantitative estimate of drug-likeness (QED) is 0.492. The van der Waals surface area contributed by atoms with Crippen molar-refractivity contribution in [1.82, 2.24) is 0 Å². The third-order valence-corrected chi connectivity index (χ3v) is 1.32. The summed E-state index contributed by atoms with van der Waals surface area (Å²) in [5.74, 6) is 0.0139. The van der Waals surface area contributed by atoms with Crippen LogP contribution in [0.15, 0.2) is 11.8 Å². The van der Waals surface area contributed by atoms with Gasteiger partial charge in [0.05, 0.1) is 6.26 Å². The summed E-state index contributed by atoms with van der Waals surface area (Å²) in [7, 11) is 0. The van der Waals surface area contributed by atoms with Crippen molar-refractivity contribution >= 4 is 5.78 Å². The molecular formula is C9H16O2. The lowest BCUT2D eigenvalue weighted by Crippen LogP contribution is -2.13. The third-order valence-electron chi connectivity index (χ3n) is 1.32. The van der Waals surface area contributed by atoms with Gasteiger partial charge in [-0.15, -0.1) is 0 Å². The van der Waals surface area contributed by atoms with Gasteiger partial charge in [0, 0.05) is 12.0 Å². The van der Waals surface area contributed by atoms with Crippen LogP contribution in [-0.4, -0.2) is 10.9 Å². The molecular weight excluding hydrogens is 140 g/mol. The molecule has 0 bridgehead atoms. The Balaban J connectivity index is 4.10. The predicted molar refractivity (Wildman–Crippen MR) is 45.5 cm³/mol. The van der Waals surface area contributed by atoms with Crippen molar-refractivity contribution in [2.45, 2.75) is 34.1 Å². The third kappa shape index (κ3) is 4.59. The molecule has 0 heterocycles. The highest BCUT2D eigenvalue weighted by molar-refractivity contribution is 5.94. The van der Waals surface area contributed by atoms with Crippen molar-refractivity contribution in [2.24, 2.45) is 5.41 Å². The Labute approximate surface area is 67.9 Å². The van der Waals surface area contributed by atoms with Crippen molar-refractivity contribution in [1.29, 1.82) is 0 Å². The lowest BCUT2D eigenvalue weighted by atomic mass is 9.88. The normalized spacial score (nSPS) is 13.3. The molecule has 0 aromatic carbocycles. The van der Waals surface area contributed by atoms with Crippen LogP contribution in [0, 0.1) is 5.41 Å². The standard InChI is InChI=1S/C9H16O2/c1-7(6-10)8(11)5-9(2,3)4/h6,10H,5H2,1-4H3/b7-6-. The first-order chi connectivity index (χ1) is 4.87. The van der Waals surface area contributed by atoms with Gasteiger partial charge in [0.25, 0.3) is 0 Å². The number of carbonyl (C=O) groups is 1. The fourth-order valence-electron chi connectivity index (χ4n) is 0.693. The van der Waals surface area contributed by atoms with Crippen LogP contribution < -0.4 is 0 Å². The van der Waals surface area contributed by atoms with Crippen molar-refractivity contribution < 1.29 is 9.90 Å². The average molecular weight is 156 g/mol. The van der Waals surface area contributed by atoms with E-state index in [1.54, 1.807) is 6.92 Å². The van der Waals surface area contributed by atoms with Gasteiger partial charge in [0.1, 0.15) is 0 Å². The Morgan fingerprint density at radius 1 is 1.45 bits per heavy atom. The van der Waals surface area contributed by atoms with Crippen LogP contribution in [0.2, 0.25) is 0 Å². The molecule has 0 aromatic heterocycles. The van der Waals surface area contributed by atoms with E-state index in [-0.39, 0.29) is 11.2 Å². The summed E-state index contributed by atoms with van der Waals surface area (Å²) in [6.07, 6.45) is 1.35. The number of hydrogen-bond donors (Lipinski definition) is 1. The second-order valence-electron chi connectivity index (χ2n) is 3.97. The van der Waals surface area contributed by atoms with Crippen molar-refractivity contribution in [3.05, 3.63) is 11.8 Å². The molecule has 2 nitrogen and oxygen atoms in total. The molecule has 0 aromatic rings. The molecule has 0 saturated carbocycles. The molecule has 0 spiro atoms. The Hall–Kier alpha value is -0.790. The number of carbonyl (C=O) groups excluding carboxylic acids is 1. The molecule has 0 aliphatic rings. The highest BCUT2D eigenvalue weighted by Crippen LogP contribution is 2.20. The highest BCUT2D eigenvalue weighted by atomic mass is 16.2. The minimum atomic E-state index is 0.00134. The zero-order chi connectivity index (χ0) is 9.07. The van der Waals surface area contributed by atoms with Gasteiger partial charge < -0.3 is 5.11 Å².